The molecule has 17 aromatic carbocycles. The Morgan fingerprint density at radius 2 is 0.522 bits per heavy atom. The quantitative estimate of drug-likeness (QED) is 0.155. The summed E-state index contributed by atoms with van der Waals surface area (Å²) in [6.07, 6.45) is 0. The van der Waals surface area contributed by atoms with Crippen LogP contribution in [0.5, 0.6) is 0 Å². The summed E-state index contributed by atoms with van der Waals surface area (Å²) < 4.78 is 12.7. The van der Waals surface area contributed by atoms with E-state index >= 15 is 0 Å². The van der Waals surface area contributed by atoms with Crippen LogP contribution in [-0.2, 0) is 0 Å². The van der Waals surface area contributed by atoms with Crippen molar-refractivity contribution < 1.29 is 8.83 Å². The van der Waals surface area contributed by atoms with Crippen LogP contribution in [0.4, 0.5) is 0 Å². The molecule has 0 saturated heterocycles. The summed E-state index contributed by atoms with van der Waals surface area (Å²) in [7, 11) is 0. The summed E-state index contributed by atoms with van der Waals surface area (Å²) in [5.41, 5.74) is 18.5. The van der Waals surface area contributed by atoms with Crippen LogP contribution in [0.15, 0.2) is 336 Å². The molecule has 0 aliphatic rings. The van der Waals surface area contributed by atoms with Gasteiger partial charge in [0.25, 0.3) is 0 Å². The highest BCUT2D eigenvalue weighted by molar-refractivity contribution is 6.24. The van der Waals surface area contributed by atoms with Gasteiger partial charge in [0.1, 0.15) is 22.3 Å². The van der Waals surface area contributed by atoms with Crippen molar-refractivity contribution in [3.05, 3.63) is 328 Å². The normalized spacial score (nSPS) is 11.8. The first-order valence-corrected chi connectivity index (χ1v) is 30.9. The Morgan fingerprint density at radius 3 is 1.12 bits per heavy atom. The Balaban J connectivity index is 0.000000143. The summed E-state index contributed by atoms with van der Waals surface area (Å²) in [6, 6.07) is 119. The Hall–Kier alpha value is -11.8. The molecule has 2 aromatic heterocycles. The highest BCUT2D eigenvalue weighted by atomic mass is 16.3. The molecule has 0 unspecified atom stereocenters. The molecule has 0 spiro atoms. The molecule has 0 bridgehead atoms. The molecule has 0 aliphatic heterocycles. The van der Waals surface area contributed by atoms with Crippen molar-refractivity contribution >= 4 is 119 Å². The van der Waals surface area contributed by atoms with Crippen LogP contribution in [0.3, 0.4) is 0 Å². The fourth-order valence-electron chi connectivity index (χ4n) is 14.6. The first kappa shape index (κ1) is 51.4. The molecule has 0 atom stereocenters. The third-order valence-electron chi connectivity index (χ3n) is 18.6. The summed E-state index contributed by atoms with van der Waals surface area (Å²) >= 11 is 0. The molecule has 2 heterocycles. The van der Waals surface area contributed by atoms with Gasteiger partial charge in [-0.1, -0.05) is 273 Å². The van der Waals surface area contributed by atoms with Crippen molar-refractivity contribution in [1.82, 2.24) is 0 Å². The van der Waals surface area contributed by atoms with Crippen molar-refractivity contribution in [2.24, 2.45) is 0 Å². The fourth-order valence-corrected chi connectivity index (χ4v) is 14.6. The Morgan fingerprint density at radius 1 is 0.156 bits per heavy atom. The number of rotatable bonds is 6. The van der Waals surface area contributed by atoms with Gasteiger partial charge in [0.2, 0.25) is 0 Å². The Kier molecular flexibility index (Phi) is 12.0. The second-order valence-corrected chi connectivity index (χ2v) is 23.7. The van der Waals surface area contributed by atoms with E-state index in [1.807, 2.05) is 0 Å². The van der Waals surface area contributed by atoms with Gasteiger partial charge in [0.15, 0.2) is 0 Å². The van der Waals surface area contributed by atoms with E-state index in [1.165, 1.54) is 137 Å². The summed E-state index contributed by atoms with van der Waals surface area (Å²) in [5.74, 6) is 0. The van der Waals surface area contributed by atoms with Crippen molar-refractivity contribution in [3.8, 4) is 66.8 Å². The van der Waals surface area contributed by atoms with E-state index in [0.717, 1.165) is 49.3 Å². The maximum Gasteiger partial charge on any atom is 0.143 e. The molecule has 0 aliphatic carbocycles. The summed E-state index contributed by atoms with van der Waals surface area (Å²) in [6.45, 7) is 0. The molecule has 0 radical (unpaired) electrons. The van der Waals surface area contributed by atoms with Gasteiger partial charge in [-0.2, -0.15) is 0 Å². The van der Waals surface area contributed by atoms with E-state index in [1.54, 1.807) is 0 Å². The predicted molar refractivity (Wildman–Crippen MR) is 383 cm³/mol. The van der Waals surface area contributed by atoms with Crippen molar-refractivity contribution in [2.45, 2.75) is 0 Å². The van der Waals surface area contributed by atoms with Gasteiger partial charge >= 0.3 is 0 Å². The number of furan rings is 2. The predicted octanol–water partition coefficient (Wildman–Crippen LogP) is 25.2. The molecule has 19 rings (SSSR count). The van der Waals surface area contributed by atoms with Gasteiger partial charge in [0, 0.05) is 26.9 Å². The minimum Gasteiger partial charge on any atom is -0.456 e. The van der Waals surface area contributed by atoms with E-state index in [-0.39, 0.29) is 0 Å². The van der Waals surface area contributed by atoms with Crippen molar-refractivity contribution in [1.29, 1.82) is 0 Å². The van der Waals surface area contributed by atoms with Gasteiger partial charge in [-0.15, -0.1) is 0 Å². The molecular weight excluding hydrogens is 1090 g/mol. The van der Waals surface area contributed by atoms with Gasteiger partial charge in [-0.05, 0) is 191 Å². The summed E-state index contributed by atoms with van der Waals surface area (Å²) in [5, 5.41) is 21.9. The van der Waals surface area contributed by atoms with Gasteiger partial charge in [-0.25, -0.2) is 0 Å². The molecule has 2 heteroatoms. The second kappa shape index (κ2) is 21.0. The van der Waals surface area contributed by atoms with Crippen LogP contribution >= 0.6 is 0 Å². The maximum absolute atomic E-state index is 6.41. The molecule has 0 saturated carbocycles. The lowest BCUT2D eigenvalue weighted by Gasteiger charge is -2.19. The molecule has 0 N–H and O–H groups in total. The van der Waals surface area contributed by atoms with E-state index in [0.29, 0.717) is 0 Å². The zero-order valence-electron chi connectivity index (χ0n) is 49.0. The molecular formula is C88H54O2. The third-order valence-corrected chi connectivity index (χ3v) is 18.6. The van der Waals surface area contributed by atoms with Gasteiger partial charge in [-0.3, -0.25) is 0 Å². The van der Waals surface area contributed by atoms with Crippen molar-refractivity contribution in [3.63, 3.8) is 0 Å². The minimum atomic E-state index is 0.910. The molecule has 19 aromatic rings. The number of hydrogen-bond acceptors (Lipinski definition) is 2. The second-order valence-electron chi connectivity index (χ2n) is 23.7. The van der Waals surface area contributed by atoms with Crippen LogP contribution in [0.2, 0.25) is 0 Å². The molecule has 0 amide bonds. The highest BCUT2D eigenvalue weighted by Gasteiger charge is 2.21. The van der Waals surface area contributed by atoms with Gasteiger partial charge in [0.05, 0.1) is 0 Å². The zero-order valence-corrected chi connectivity index (χ0v) is 49.0. The lowest BCUT2D eigenvalue weighted by Crippen LogP contribution is -1.91. The van der Waals surface area contributed by atoms with Crippen LogP contribution in [0.25, 0.3) is 186 Å². The SMILES string of the molecule is c1cc(-c2ccc3oc4cc5ccccc5cc4c3c2)cc(-c2c3ccccc3c(-c3cccc(-c4cccc5ccccc45)c3)c3ccccc23)c1.c1ccc(-c2c3ccccc3c(-c3ccc4oc5c6ccccc6ccc5c4c3)c3ccccc23)cc1. The number of fused-ring (bicyclic) bond motifs is 14. The van der Waals surface area contributed by atoms with E-state index in [4.69, 9.17) is 8.83 Å². The molecule has 2 nitrogen and oxygen atoms in total. The van der Waals surface area contributed by atoms with E-state index < -0.39 is 0 Å². The van der Waals surface area contributed by atoms with E-state index in [2.05, 4.69) is 328 Å². The third kappa shape index (κ3) is 8.41. The molecule has 418 valence electrons. The topological polar surface area (TPSA) is 26.3 Å². The van der Waals surface area contributed by atoms with E-state index in [9.17, 15) is 0 Å². The molecule has 90 heavy (non-hydrogen) atoms. The first-order chi connectivity index (χ1) is 44.6. The summed E-state index contributed by atoms with van der Waals surface area (Å²) in [4.78, 5) is 0. The first-order valence-electron chi connectivity index (χ1n) is 30.9. The Labute approximate surface area is 519 Å². The van der Waals surface area contributed by atoms with Crippen LogP contribution in [0, 0.1) is 0 Å². The lowest BCUT2D eigenvalue weighted by molar-refractivity contribution is 0.669. The average molecular weight is 1140 g/mol. The Bertz CT molecular complexity index is 5980. The van der Waals surface area contributed by atoms with Crippen LogP contribution in [-0.4, -0.2) is 0 Å². The smallest absolute Gasteiger partial charge is 0.143 e. The lowest BCUT2D eigenvalue weighted by atomic mass is 9.85. The zero-order chi connectivity index (χ0) is 59.2. The van der Waals surface area contributed by atoms with Crippen LogP contribution < -0.4 is 0 Å². The standard InChI is InChI=1S/C52H32O.C36H22O/c1-2-14-36-32-50-48(30-35(36)13-1)47-31-37(26-27-49(47)53-50)34-16-9-18-39(28-34)51-43-21-5-7-23-45(43)52(46-24-8-6-22-44(46)51)40-19-10-17-38(29-40)42-25-11-15-33-12-3-4-20-41(33)42;1-2-11-24(12-3-1)34-27-14-6-8-16-29(27)35(30-17-9-7-15-28(30)34)25-19-21-33-32(22-25)31-20-18-23-10-4-5-13-26(23)36(31)37-33/h1-32H;1-22H. The fraction of sp³-hybridized carbons (Fsp3) is 0. The maximum atomic E-state index is 6.41. The number of hydrogen-bond donors (Lipinski definition) is 0. The van der Waals surface area contributed by atoms with Crippen LogP contribution in [0.1, 0.15) is 0 Å². The van der Waals surface area contributed by atoms with Gasteiger partial charge < -0.3 is 8.83 Å². The molecule has 0 fully saturated rings. The monoisotopic (exact) mass is 1140 g/mol. The highest BCUT2D eigenvalue weighted by Crippen LogP contribution is 2.48. The average Bonchev–Trinajstić information content (AvgIpc) is 1.15. The largest absolute Gasteiger partial charge is 0.456 e. The number of benzene rings is 17. The van der Waals surface area contributed by atoms with Crippen molar-refractivity contribution in [2.75, 3.05) is 0 Å². The minimum absolute atomic E-state index is 0.910.